The molecule has 0 heterocycles. The highest BCUT2D eigenvalue weighted by Crippen LogP contribution is 2.33. The highest BCUT2D eigenvalue weighted by Gasteiger charge is 2.19. The van der Waals surface area contributed by atoms with Gasteiger partial charge in [-0.3, -0.25) is 0 Å². The molecule has 1 aromatic carbocycles. The van der Waals surface area contributed by atoms with Crippen molar-refractivity contribution < 1.29 is 0 Å². The van der Waals surface area contributed by atoms with Gasteiger partial charge in [0.1, 0.15) is 0 Å². The van der Waals surface area contributed by atoms with E-state index in [1.165, 1.54) is 42.1 Å². The van der Waals surface area contributed by atoms with Crippen LogP contribution in [0, 0.1) is 5.92 Å². The van der Waals surface area contributed by atoms with E-state index in [1.54, 1.807) is 0 Å². The first kappa shape index (κ1) is 9.26. The van der Waals surface area contributed by atoms with Crippen LogP contribution in [0.1, 0.15) is 31.2 Å². The minimum absolute atomic E-state index is 1.08. The summed E-state index contributed by atoms with van der Waals surface area (Å²) in [7, 11) is 0. The highest BCUT2D eigenvalue weighted by atomic mass is 79.9. The normalized spacial score (nSPS) is 16.1. The molecule has 1 aromatic rings. The third kappa shape index (κ3) is 3.15. The predicted molar refractivity (Wildman–Crippen MR) is 59.8 cm³/mol. The van der Waals surface area contributed by atoms with Crippen LogP contribution in [-0.4, -0.2) is 0 Å². The molecule has 0 radical (unpaired) electrons. The average Bonchev–Trinajstić information content (AvgIpc) is 2.92. The summed E-state index contributed by atoms with van der Waals surface area (Å²) < 4.78 is 1.18. The van der Waals surface area contributed by atoms with E-state index in [1.807, 2.05) is 0 Å². The second-order valence-electron chi connectivity index (χ2n) is 3.96. The van der Waals surface area contributed by atoms with Gasteiger partial charge in [-0.25, -0.2) is 0 Å². The zero-order chi connectivity index (χ0) is 9.10. The largest absolute Gasteiger partial charge is 0.0579 e. The molecule has 0 spiro atoms. The van der Waals surface area contributed by atoms with Crippen LogP contribution in [0.2, 0.25) is 0 Å². The SMILES string of the molecule is Brc1ccc(CCCC2CC2)cc1. The maximum Gasteiger partial charge on any atom is 0.0175 e. The van der Waals surface area contributed by atoms with Gasteiger partial charge in [-0.1, -0.05) is 47.3 Å². The number of aryl methyl sites for hydroxylation is 1. The molecule has 0 aromatic heterocycles. The van der Waals surface area contributed by atoms with Crippen LogP contribution in [0.5, 0.6) is 0 Å². The molecule has 1 fully saturated rings. The monoisotopic (exact) mass is 238 g/mol. The first-order valence-electron chi connectivity index (χ1n) is 5.09. The number of hydrogen-bond donors (Lipinski definition) is 0. The van der Waals surface area contributed by atoms with Crippen LogP contribution in [0.4, 0.5) is 0 Å². The van der Waals surface area contributed by atoms with E-state index in [4.69, 9.17) is 0 Å². The Bertz CT molecular complexity index is 259. The number of halogens is 1. The van der Waals surface area contributed by atoms with E-state index in [0.29, 0.717) is 0 Å². The van der Waals surface area contributed by atoms with Gasteiger partial charge in [0.2, 0.25) is 0 Å². The maximum absolute atomic E-state index is 3.45. The van der Waals surface area contributed by atoms with Gasteiger partial charge >= 0.3 is 0 Å². The summed E-state index contributed by atoms with van der Waals surface area (Å²) in [5.74, 6) is 1.08. The summed E-state index contributed by atoms with van der Waals surface area (Å²) in [6.07, 6.45) is 7.03. The fourth-order valence-corrected chi connectivity index (χ4v) is 1.92. The lowest BCUT2D eigenvalue weighted by atomic mass is 10.1. The fraction of sp³-hybridized carbons (Fsp3) is 0.500. The van der Waals surface area contributed by atoms with Crippen molar-refractivity contribution in [3.63, 3.8) is 0 Å². The van der Waals surface area contributed by atoms with Gasteiger partial charge in [-0.2, -0.15) is 0 Å². The molecular weight excluding hydrogens is 224 g/mol. The van der Waals surface area contributed by atoms with Crippen molar-refractivity contribution in [2.45, 2.75) is 32.1 Å². The Balaban J connectivity index is 1.76. The van der Waals surface area contributed by atoms with Gasteiger partial charge in [-0.05, 0) is 36.5 Å². The van der Waals surface area contributed by atoms with Gasteiger partial charge in [-0.15, -0.1) is 0 Å². The van der Waals surface area contributed by atoms with Crippen LogP contribution < -0.4 is 0 Å². The Morgan fingerprint density at radius 1 is 1.15 bits per heavy atom. The van der Waals surface area contributed by atoms with Crippen LogP contribution >= 0.6 is 15.9 Å². The van der Waals surface area contributed by atoms with Gasteiger partial charge in [0.15, 0.2) is 0 Å². The topological polar surface area (TPSA) is 0 Å². The summed E-state index contributed by atoms with van der Waals surface area (Å²) in [5.41, 5.74) is 1.48. The van der Waals surface area contributed by atoms with Crippen LogP contribution in [-0.2, 0) is 6.42 Å². The molecule has 0 unspecified atom stereocenters. The average molecular weight is 239 g/mol. The van der Waals surface area contributed by atoms with Crippen molar-refractivity contribution in [3.05, 3.63) is 34.3 Å². The second kappa shape index (κ2) is 4.28. The summed E-state index contributed by atoms with van der Waals surface area (Å²) in [6, 6.07) is 8.70. The lowest BCUT2D eigenvalue weighted by Gasteiger charge is -2.00. The third-order valence-electron chi connectivity index (χ3n) is 2.69. The van der Waals surface area contributed by atoms with Crippen molar-refractivity contribution in [3.8, 4) is 0 Å². The number of benzene rings is 1. The molecule has 0 saturated heterocycles. The minimum Gasteiger partial charge on any atom is -0.0579 e. The summed E-state index contributed by atoms with van der Waals surface area (Å²) in [5, 5.41) is 0. The van der Waals surface area contributed by atoms with E-state index in [2.05, 4.69) is 40.2 Å². The zero-order valence-electron chi connectivity index (χ0n) is 7.80. The predicted octanol–water partition coefficient (Wildman–Crippen LogP) is 4.18. The quantitative estimate of drug-likeness (QED) is 0.739. The van der Waals surface area contributed by atoms with E-state index in [9.17, 15) is 0 Å². The van der Waals surface area contributed by atoms with Crippen molar-refractivity contribution in [1.82, 2.24) is 0 Å². The van der Waals surface area contributed by atoms with Gasteiger partial charge in [0, 0.05) is 4.47 Å². The summed E-state index contributed by atoms with van der Waals surface area (Å²) in [4.78, 5) is 0. The molecule has 1 aliphatic carbocycles. The molecule has 13 heavy (non-hydrogen) atoms. The van der Waals surface area contributed by atoms with Crippen molar-refractivity contribution in [2.24, 2.45) is 5.92 Å². The van der Waals surface area contributed by atoms with Crippen LogP contribution in [0.3, 0.4) is 0 Å². The molecule has 0 N–H and O–H groups in total. The van der Waals surface area contributed by atoms with Gasteiger partial charge in [0.25, 0.3) is 0 Å². The molecule has 1 aliphatic rings. The molecule has 1 saturated carbocycles. The van der Waals surface area contributed by atoms with E-state index < -0.39 is 0 Å². The Hall–Kier alpha value is -0.300. The lowest BCUT2D eigenvalue weighted by molar-refractivity contribution is 0.666. The zero-order valence-corrected chi connectivity index (χ0v) is 9.39. The summed E-state index contributed by atoms with van der Waals surface area (Å²) >= 11 is 3.45. The maximum atomic E-state index is 3.45. The third-order valence-corrected chi connectivity index (χ3v) is 3.22. The molecular formula is C12H15Br. The highest BCUT2D eigenvalue weighted by molar-refractivity contribution is 9.10. The molecule has 0 bridgehead atoms. The molecule has 70 valence electrons. The molecule has 0 aliphatic heterocycles. The van der Waals surface area contributed by atoms with Crippen LogP contribution in [0.15, 0.2) is 28.7 Å². The Morgan fingerprint density at radius 3 is 2.46 bits per heavy atom. The second-order valence-corrected chi connectivity index (χ2v) is 4.88. The van der Waals surface area contributed by atoms with Crippen LogP contribution in [0.25, 0.3) is 0 Å². The number of rotatable bonds is 4. The molecule has 0 atom stereocenters. The van der Waals surface area contributed by atoms with Crippen molar-refractivity contribution >= 4 is 15.9 Å². The lowest BCUT2D eigenvalue weighted by Crippen LogP contribution is -1.85. The summed E-state index contributed by atoms with van der Waals surface area (Å²) in [6.45, 7) is 0. The standard InChI is InChI=1S/C12H15Br/c13-12-8-6-11(7-9-12)3-1-2-10-4-5-10/h6-10H,1-5H2. The Morgan fingerprint density at radius 2 is 1.85 bits per heavy atom. The first-order chi connectivity index (χ1) is 6.34. The molecule has 0 amide bonds. The smallest absolute Gasteiger partial charge is 0.0175 e. The first-order valence-corrected chi connectivity index (χ1v) is 5.88. The molecule has 2 rings (SSSR count). The number of hydrogen-bond acceptors (Lipinski definition) is 0. The van der Waals surface area contributed by atoms with E-state index >= 15 is 0 Å². The molecule has 0 nitrogen and oxygen atoms in total. The Kier molecular flexibility index (Phi) is 3.05. The van der Waals surface area contributed by atoms with Gasteiger partial charge < -0.3 is 0 Å². The van der Waals surface area contributed by atoms with E-state index in [0.717, 1.165) is 5.92 Å². The Labute approximate surface area is 88.5 Å². The van der Waals surface area contributed by atoms with Crippen molar-refractivity contribution in [2.75, 3.05) is 0 Å². The fourth-order valence-electron chi connectivity index (χ4n) is 1.65. The minimum atomic E-state index is 1.08. The van der Waals surface area contributed by atoms with E-state index in [-0.39, 0.29) is 0 Å². The van der Waals surface area contributed by atoms with Gasteiger partial charge in [0.05, 0.1) is 0 Å². The molecule has 1 heteroatoms. The van der Waals surface area contributed by atoms with Crippen molar-refractivity contribution in [1.29, 1.82) is 0 Å².